The van der Waals surface area contributed by atoms with Crippen LogP contribution in [0.5, 0.6) is 0 Å². The minimum Gasteiger partial charge on any atom is -0.394 e. The van der Waals surface area contributed by atoms with Crippen LogP contribution in [0, 0.1) is 0 Å². The number of nitrogen functional groups attached to an aromatic ring is 1. The normalized spacial score (nSPS) is 19.2. The summed E-state index contributed by atoms with van der Waals surface area (Å²) in [5, 5.41) is 7.68. The van der Waals surface area contributed by atoms with Gasteiger partial charge in [0, 0.05) is 25.8 Å². The van der Waals surface area contributed by atoms with Crippen molar-refractivity contribution in [2.75, 3.05) is 30.7 Å². The molecular weight excluding hydrogens is 214 g/mol. The third kappa shape index (κ3) is 3.36. The van der Waals surface area contributed by atoms with Gasteiger partial charge in [0.05, 0.1) is 5.69 Å². The molecule has 17 heavy (non-hydrogen) atoms. The highest BCUT2D eigenvalue weighted by atomic mass is 15.3. The van der Waals surface area contributed by atoms with E-state index in [9.17, 15) is 0 Å². The molecule has 0 bridgehead atoms. The number of rotatable bonds is 4. The maximum absolute atomic E-state index is 5.86. The van der Waals surface area contributed by atoms with E-state index in [1.807, 2.05) is 13.2 Å². The van der Waals surface area contributed by atoms with Crippen LogP contribution in [-0.2, 0) is 7.05 Å². The molecule has 0 aliphatic carbocycles. The lowest BCUT2D eigenvalue weighted by molar-refractivity contribution is 0.223. The van der Waals surface area contributed by atoms with E-state index in [-0.39, 0.29) is 0 Å². The summed E-state index contributed by atoms with van der Waals surface area (Å²) in [7, 11) is 1.89. The zero-order valence-corrected chi connectivity index (χ0v) is 10.8. The second-order valence-electron chi connectivity index (χ2n) is 5.01. The number of anilines is 2. The number of aryl methyl sites for hydroxylation is 1. The molecule has 1 aromatic rings. The molecule has 0 radical (unpaired) electrons. The van der Waals surface area contributed by atoms with Crippen LogP contribution in [0.25, 0.3) is 0 Å². The zero-order valence-electron chi connectivity index (χ0n) is 10.8. The van der Waals surface area contributed by atoms with Gasteiger partial charge in [0.2, 0.25) is 0 Å². The van der Waals surface area contributed by atoms with Gasteiger partial charge in [-0.2, -0.15) is 5.10 Å². The van der Waals surface area contributed by atoms with Gasteiger partial charge in [-0.15, -0.1) is 0 Å². The standard InChI is InChI=1S/C12H23N5/c1-10(8-17-6-4-3-5-7-17)14-12-11(13)9-16(2)15-12/h9-10H,3-8,13H2,1-2H3,(H,14,15). The molecule has 1 aliphatic heterocycles. The first-order valence-electron chi connectivity index (χ1n) is 6.43. The summed E-state index contributed by atoms with van der Waals surface area (Å²) in [5.74, 6) is 0.803. The summed E-state index contributed by atoms with van der Waals surface area (Å²) >= 11 is 0. The molecule has 1 aliphatic rings. The second kappa shape index (κ2) is 5.40. The highest BCUT2D eigenvalue weighted by molar-refractivity contribution is 5.60. The lowest BCUT2D eigenvalue weighted by Gasteiger charge is -2.29. The van der Waals surface area contributed by atoms with Gasteiger partial charge in [-0.05, 0) is 32.9 Å². The minimum atomic E-state index is 0.380. The van der Waals surface area contributed by atoms with Gasteiger partial charge in [0.25, 0.3) is 0 Å². The topological polar surface area (TPSA) is 59.1 Å². The lowest BCUT2D eigenvalue weighted by atomic mass is 10.1. The SMILES string of the molecule is CC(CN1CCCCC1)Nc1nn(C)cc1N. The van der Waals surface area contributed by atoms with Crippen molar-refractivity contribution in [1.82, 2.24) is 14.7 Å². The van der Waals surface area contributed by atoms with E-state index in [1.165, 1.54) is 32.4 Å². The highest BCUT2D eigenvalue weighted by Crippen LogP contribution is 2.16. The van der Waals surface area contributed by atoms with E-state index < -0.39 is 0 Å². The van der Waals surface area contributed by atoms with E-state index in [1.54, 1.807) is 4.68 Å². The number of nitrogens with two attached hydrogens (primary N) is 1. The fourth-order valence-electron chi connectivity index (χ4n) is 2.43. The Bertz CT molecular complexity index is 354. The number of nitrogens with one attached hydrogen (secondary N) is 1. The first-order chi connectivity index (χ1) is 8.15. The van der Waals surface area contributed by atoms with E-state index in [0.717, 1.165) is 18.1 Å². The lowest BCUT2D eigenvalue weighted by Crippen LogP contribution is -2.38. The summed E-state index contributed by atoms with van der Waals surface area (Å²) in [6, 6.07) is 0.380. The highest BCUT2D eigenvalue weighted by Gasteiger charge is 2.14. The average Bonchev–Trinajstić information content (AvgIpc) is 2.58. The summed E-state index contributed by atoms with van der Waals surface area (Å²) in [5.41, 5.74) is 6.58. The summed E-state index contributed by atoms with van der Waals surface area (Å²) < 4.78 is 1.74. The molecule has 0 saturated carbocycles. The van der Waals surface area contributed by atoms with Gasteiger partial charge in [-0.25, -0.2) is 0 Å². The van der Waals surface area contributed by atoms with Crippen LogP contribution in [0.2, 0.25) is 0 Å². The maximum Gasteiger partial charge on any atom is 0.171 e. The molecule has 5 heteroatoms. The minimum absolute atomic E-state index is 0.380. The Morgan fingerprint density at radius 1 is 1.41 bits per heavy atom. The Hall–Kier alpha value is -1.23. The van der Waals surface area contributed by atoms with Crippen molar-refractivity contribution in [3.8, 4) is 0 Å². The molecular formula is C12H23N5. The van der Waals surface area contributed by atoms with Crippen LogP contribution in [0.4, 0.5) is 11.5 Å². The van der Waals surface area contributed by atoms with Gasteiger partial charge < -0.3 is 16.0 Å². The van der Waals surface area contributed by atoms with E-state index in [4.69, 9.17) is 5.73 Å². The number of likely N-dealkylation sites (tertiary alicyclic amines) is 1. The number of hydrogen-bond donors (Lipinski definition) is 2. The first-order valence-corrected chi connectivity index (χ1v) is 6.43. The first kappa shape index (κ1) is 12.2. The molecule has 96 valence electrons. The van der Waals surface area contributed by atoms with Gasteiger partial charge >= 0.3 is 0 Å². The molecule has 1 unspecified atom stereocenters. The second-order valence-corrected chi connectivity index (χ2v) is 5.01. The maximum atomic E-state index is 5.86. The van der Waals surface area contributed by atoms with Crippen LogP contribution in [-0.4, -0.2) is 40.4 Å². The molecule has 1 atom stereocenters. The molecule has 2 heterocycles. The fourth-order valence-corrected chi connectivity index (χ4v) is 2.43. The van der Waals surface area contributed by atoms with Crippen molar-refractivity contribution in [3.63, 3.8) is 0 Å². The quantitative estimate of drug-likeness (QED) is 0.828. The third-order valence-corrected chi connectivity index (χ3v) is 3.22. The van der Waals surface area contributed by atoms with Crippen molar-refractivity contribution in [2.45, 2.75) is 32.2 Å². The largest absolute Gasteiger partial charge is 0.394 e. The zero-order chi connectivity index (χ0) is 12.3. The average molecular weight is 237 g/mol. The van der Waals surface area contributed by atoms with Crippen LogP contribution in [0.3, 0.4) is 0 Å². The van der Waals surface area contributed by atoms with Crippen molar-refractivity contribution in [2.24, 2.45) is 7.05 Å². The van der Waals surface area contributed by atoms with E-state index in [0.29, 0.717) is 6.04 Å². The van der Waals surface area contributed by atoms with E-state index >= 15 is 0 Å². The van der Waals surface area contributed by atoms with Crippen LogP contribution in [0.1, 0.15) is 26.2 Å². The van der Waals surface area contributed by atoms with Crippen molar-refractivity contribution in [1.29, 1.82) is 0 Å². The molecule has 2 rings (SSSR count). The molecule has 0 aromatic carbocycles. The van der Waals surface area contributed by atoms with Crippen molar-refractivity contribution in [3.05, 3.63) is 6.20 Å². The number of hydrogen-bond acceptors (Lipinski definition) is 4. The molecule has 0 spiro atoms. The summed E-state index contributed by atoms with van der Waals surface area (Å²) in [4.78, 5) is 2.51. The van der Waals surface area contributed by atoms with Crippen molar-refractivity contribution >= 4 is 11.5 Å². The molecule has 1 aromatic heterocycles. The molecule has 3 N–H and O–H groups in total. The van der Waals surface area contributed by atoms with Gasteiger partial charge in [-0.1, -0.05) is 6.42 Å². The predicted molar refractivity (Wildman–Crippen MR) is 71.0 cm³/mol. The Labute approximate surface area is 103 Å². The smallest absolute Gasteiger partial charge is 0.171 e. The number of nitrogens with zero attached hydrogens (tertiary/aromatic N) is 3. The molecule has 1 saturated heterocycles. The Balaban J connectivity index is 1.83. The van der Waals surface area contributed by atoms with Gasteiger partial charge in [0.15, 0.2) is 5.82 Å². The van der Waals surface area contributed by atoms with Crippen LogP contribution < -0.4 is 11.1 Å². The Kier molecular flexibility index (Phi) is 3.89. The Morgan fingerprint density at radius 2 is 2.12 bits per heavy atom. The van der Waals surface area contributed by atoms with Crippen LogP contribution >= 0.6 is 0 Å². The number of aromatic nitrogens is 2. The van der Waals surface area contributed by atoms with Gasteiger partial charge in [-0.3, -0.25) is 4.68 Å². The fraction of sp³-hybridized carbons (Fsp3) is 0.750. The predicted octanol–water partition coefficient (Wildman–Crippen LogP) is 1.29. The molecule has 1 fully saturated rings. The van der Waals surface area contributed by atoms with E-state index in [2.05, 4.69) is 22.2 Å². The van der Waals surface area contributed by atoms with Gasteiger partial charge in [0.1, 0.15) is 0 Å². The number of piperidine rings is 1. The monoisotopic (exact) mass is 237 g/mol. The Morgan fingerprint density at radius 3 is 2.71 bits per heavy atom. The summed E-state index contributed by atoms with van der Waals surface area (Å²) in [6.07, 6.45) is 5.87. The summed E-state index contributed by atoms with van der Waals surface area (Å²) in [6.45, 7) is 5.70. The third-order valence-electron chi connectivity index (χ3n) is 3.22. The van der Waals surface area contributed by atoms with Crippen LogP contribution in [0.15, 0.2) is 6.20 Å². The molecule has 5 nitrogen and oxygen atoms in total. The van der Waals surface area contributed by atoms with Crippen molar-refractivity contribution < 1.29 is 0 Å². The molecule has 0 amide bonds.